The first-order valence-corrected chi connectivity index (χ1v) is 12.4. The lowest BCUT2D eigenvalue weighted by molar-refractivity contribution is -0.113. The number of hydrogen-bond donors (Lipinski definition) is 5. The average molecular weight is 604 g/mol. The van der Waals surface area contributed by atoms with Gasteiger partial charge in [-0.15, -0.1) is 11.8 Å². The number of halogens is 4. The van der Waals surface area contributed by atoms with Gasteiger partial charge in [0.1, 0.15) is 11.3 Å². The van der Waals surface area contributed by atoms with Gasteiger partial charge in [0.25, 0.3) is 5.91 Å². The van der Waals surface area contributed by atoms with Crippen molar-refractivity contribution >= 4 is 93.3 Å². The first kappa shape index (κ1) is 28.4. The van der Waals surface area contributed by atoms with Crippen molar-refractivity contribution in [2.45, 2.75) is 4.90 Å². The van der Waals surface area contributed by atoms with Crippen LogP contribution in [0.3, 0.4) is 0 Å². The maximum atomic E-state index is 12.9. The van der Waals surface area contributed by atoms with E-state index >= 15 is 0 Å². The molecule has 0 saturated carbocycles. The molecule has 0 heterocycles. The van der Waals surface area contributed by atoms with E-state index in [1.807, 2.05) is 0 Å². The maximum absolute atomic E-state index is 12.9. The first-order chi connectivity index (χ1) is 17.4. The third-order valence-corrected chi connectivity index (χ3v) is 7.48. The number of rotatable bonds is 8. The highest BCUT2D eigenvalue weighted by Gasteiger charge is 2.29. The van der Waals surface area contributed by atoms with Gasteiger partial charge in [-0.25, -0.2) is 9.59 Å². The molecule has 5 N–H and O–H groups in total. The summed E-state index contributed by atoms with van der Waals surface area (Å²) in [6.45, 7) is 0. The quantitative estimate of drug-likeness (QED) is 0.0859. The van der Waals surface area contributed by atoms with Crippen molar-refractivity contribution in [3.05, 3.63) is 79.2 Å². The predicted molar refractivity (Wildman–Crippen MR) is 142 cm³/mol. The monoisotopic (exact) mass is 602 g/mol. The number of benzene rings is 3. The number of aromatic carboxylic acids is 2. The Labute approximate surface area is 233 Å². The third kappa shape index (κ3) is 6.60. The molecule has 0 unspecified atom stereocenters. The van der Waals surface area contributed by atoms with E-state index in [4.69, 9.17) is 51.5 Å². The zero-order valence-electron chi connectivity index (χ0n) is 18.1. The van der Waals surface area contributed by atoms with Crippen LogP contribution in [0.2, 0.25) is 20.1 Å². The Hall–Kier alpha value is -3.15. The van der Waals surface area contributed by atoms with Crippen LogP contribution in [0.4, 0.5) is 11.4 Å². The highest BCUT2D eigenvalue weighted by Crippen LogP contribution is 2.42. The lowest BCUT2D eigenvalue weighted by Crippen LogP contribution is -2.18. The molecule has 3 aromatic rings. The van der Waals surface area contributed by atoms with E-state index in [0.717, 1.165) is 23.9 Å². The number of aromatic hydroxyl groups is 1. The van der Waals surface area contributed by atoms with Crippen LogP contribution < -0.4 is 10.6 Å². The maximum Gasteiger partial charge on any atom is 0.339 e. The lowest BCUT2D eigenvalue weighted by atomic mass is 10.1. The zero-order chi connectivity index (χ0) is 27.4. The van der Waals surface area contributed by atoms with E-state index in [2.05, 4.69) is 10.6 Å². The largest absolute Gasteiger partial charge is 0.507 e. The number of phenols is 1. The molecule has 3 aromatic carbocycles. The van der Waals surface area contributed by atoms with Gasteiger partial charge in [-0.1, -0.05) is 52.5 Å². The zero-order valence-corrected chi connectivity index (χ0v) is 22.0. The number of carbonyl (C=O) groups is 4. The molecule has 3 rings (SSSR count). The van der Waals surface area contributed by atoms with E-state index < -0.39 is 45.7 Å². The highest BCUT2D eigenvalue weighted by molar-refractivity contribution is 8.00. The van der Waals surface area contributed by atoms with Crippen molar-refractivity contribution in [3.8, 4) is 5.75 Å². The van der Waals surface area contributed by atoms with Crippen molar-refractivity contribution in [2.24, 2.45) is 0 Å². The SMILES string of the molecule is O=C(CSc1cccc(NC(=O)c2c(Cl)c(Cl)c(Cl)c(Cl)c2C(=O)O)c1)Nc1ccc(O)c(C(=O)O)c1. The number of amides is 2. The Morgan fingerprint density at radius 2 is 1.38 bits per heavy atom. The fraction of sp³-hybridized carbons (Fsp3) is 0.0435. The van der Waals surface area contributed by atoms with E-state index in [-0.39, 0.29) is 37.8 Å². The second-order valence-electron chi connectivity index (χ2n) is 7.17. The summed E-state index contributed by atoms with van der Waals surface area (Å²) in [5.41, 5.74) is -0.993. The second kappa shape index (κ2) is 11.9. The second-order valence-corrected chi connectivity index (χ2v) is 9.73. The van der Waals surface area contributed by atoms with E-state index in [0.29, 0.717) is 4.90 Å². The summed E-state index contributed by atoms with van der Waals surface area (Å²) in [5, 5.41) is 31.8. The molecule has 0 aliphatic carbocycles. The fourth-order valence-corrected chi connectivity index (χ4v) is 4.81. The molecule has 0 aliphatic heterocycles. The van der Waals surface area contributed by atoms with Crippen molar-refractivity contribution in [2.75, 3.05) is 16.4 Å². The van der Waals surface area contributed by atoms with Crippen molar-refractivity contribution < 1.29 is 34.5 Å². The molecule has 0 spiro atoms. The van der Waals surface area contributed by atoms with Gasteiger partial charge in [-0.3, -0.25) is 9.59 Å². The minimum atomic E-state index is -1.53. The first-order valence-electron chi connectivity index (χ1n) is 9.90. The van der Waals surface area contributed by atoms with Crippen LogP contribution in [0.5, 0.6) is 5.75 Å². The third-order valence-electron chi connectivity index (χ3n) is 4.68. The predicted octanol–water partition coefficient (Wildman–Crippen LogP) is 6.39. The number of carboxylic acids is 2. The molecule has 0 atom stereocenters. The summed E-state index contributed by atoms with van der Waals surface area (Å²) in [4.78, 5) is 48.6. The molecule has 14 heteroatoms. The van der Waals surface area contributed by atoms with E-state index in [1.54, 1.807) is 12.1 Å². The van der Waals surface area contributed by atoms with Gasteiger partial charge >= 0.3 is 11.9 Å². The van der Waals surface area contributed by atoms with Crippen molar-refractivity contribution in [3.63, 3.8) is 0 Å². The summed E-state index contributed by atoms with van der Waals surface area (Å²) < 4.78 is 0. The molecular weight excluding hydrogens is 590 g/mol. The van der Waals surface area contributed by atoms with Crippen molar-refractivity contribution in [1.82, 2.24) is 0 Å². The summed E-state index contributed by atoms with van der Waals surface area (Å²) in [7, 11) is 0. The van der Waals surface area contributed by atoms with Crippen LogP contribution in [0.15, 0.2) is 47.4 Å². The van der Waals surface area contributed by atoms with Gasteiger partial charge in [-0.2, -0.15) is 0 Å². The topological polar surface area (TPSA) is 153 Å². The Bertz CT molecular complexity index is 1450. The van der Waals surface area contributed by atoms with Gasteiger partial charge in [-0.05, 0) is 36.4 Å². The Kier molecular flexibility index (Phi) is 9.16. The summed E-state index contributed by atoms with van der Waals surface area (Å²) >= 11 is 25.1. The molecule has 9 nitrogen and oxygen atoms in total. The van der Waals surface area contributed by atoms with Gasteiger partial charge in [0.15, 0.2) is 0 Å². The molecule has 2 amide bonds. The fourth-order valence-electron chi connectivity index (χ4n) is 3.03. The highest BCUT2D eigenvalue weighted by atomic mass is 35.5. The molecular formula is C23H14Cl4N2O7S. The molecule has 0 aromatic heterocycles. The Balaban J connectivity index is 1.73. The van der Waals surface area contributed by atoms with Gasteiger partial charge in [0, 0.05) is 16.3 Å². The van der Waals surface area contributed by atoms with E-state index in [1.165, 1.54) is 18.2 Å². The minimum absolute atomic E-state index is 0.0714. The van der Waals surface area contributed by atoms with Crippen LogP contribution in [0, 0.1) is 0 Å². The average Bonchev–Trinajstić information content (AvgIpc) is 2.84. The molecule has 0 aliphatic rings. The number of carboxylic acid groups (broad SMARTS) is 2. The summed E-state index contributed by atoms with van der Waals surface area (Å²) in [6, 6.07) is 9.96. The van der Waals surface area contributed by atoms with Gasteiger partial charge in [0.05, 0.1) is 37.0 Å². The summed E-state index contributed by atoms with van der Waals surface area (Å²) in [5.74, 6) is -4.73. The molecule has 37 heavy (non-hydrogen) atoms. The Morgan fingerprint density at radius 3 is 2.00 bits per heavy atom. The van der Waals surface area contributed by atoms with E-state index in [9.17, 15) is 29.4 Å². The van der Waals surface area contributed by atoms with Crippen LogP contribution >= 0.6 is 58.2 Å². The normalized spacial score (nSPS) is 10.6. The molecule has 0 fully saturated rings. The summed E-state index contributed by atoms with van der Waals surface area (Å²) in [6.07, 6.45) is 0. The van der Waals surface area contributed by atoms with Crippen LogP contribution in [-0.4, -0.2) is 44.8 Å². The number of hydrogen-bond acceptors (Lipinski definition) is 6. The Morgan fingerprint density at radius 1 is 0.757 bits per heavy atom. The molecule has 0 bridgehead atoms. The minimum Gasteiger partial charge on any atom is -0.507 e. The number of thioether (sulfide) groups is 1. The van der Waals surface area contributed by atoms with Gasteiger partial charge in [0.2, 0.25) is 5.91 Å². The van der Waals surface area contributed by atoms with Crippen LogP contribution in [0.1, 0.15) is 31.1 Å². The van der Waals surface area contributed by atoms with Crippen molar-refractivity contribution in [1.29, 1.82) is 0 Å². The molecule has 0 radical (unpaired) electrons. The van der Waals surface area contributed by atoms with Crippen LogP contribution in [0.25, 0.3) is 0 Å². The van der Waals surface area contributed by atoms with Gasteiger partial charge < -0.3 is 26.0 Å². The lowest BCUT2D eigenvalue weighted by Gasteiger charge is -2.14. The molecule has 192 valence electrons. The number of nitrogens with one attached hydrogen (secondary N) is 2. The number of carbonyl (C=O) groups excluding carboxylic acids is 2. The standard InChI is InChI=1S/C23H14Cl4N2O7S/c24-17-15(16(23(35)36)18(25)20(27)19(17)26)21(32)29-9-2-1-3-11(6-9)37-8-14(31)28-10-4-5-13(30)12(7-10)22(33)34/h1-7,30H,8H2,(H,28,31)(H,29,32)(H,33,34)(H,35,36). The molecule has 0 saturated heterocycles. The number of anilines is 2. The van der Waals surface area contributed by atoms with Crippen LogP contribution in [-0.2, 0) is 4.79 Å². The smallest absolute Gasteiger partial charge is 0.339 e.